The molecule has 0 atom stereocenters. The molecule has 0 spiro atoms. The van der Waals surface area contributed by atoms with Crippen LogP contribution in [0.1, 0.15) is 12.8 Å². The molecule has 0 aromatic carbocycles. The molecule has 2 rings (SSSR count). The van der Waals surface area contributed by atoms with Gasteiger partial charge in [0.25, 0.3) is 0 Å². The summed E-state index contributed by atoms with van der Waals surface area (Å²) in [5.74, 6) is 0. The predicted octanol–water partition coefficient (Wildman–Crippen LogP) is 4.36. The number of hydrogen-bond donors (Lipinski definition) is 0. The van der Waals surface area contributed by atoms with Crippen LogP contribution in [0.25, 0.3) is 0 Å². The molecule has 0 N–H and O–H groups in total. The van der Waals surface area contributed by atoms with E-state index in [4.69, 9.17) is 0 Å². The van der Waals surface area contributed by atoms with Crippen LogP contribution in [-0.4, -0.2) is 9.52 Å². The molecule has 0 saturated carbocycles. The Morgan fingerprint density at radius 2 is 1.19 bits per heavy atom. The third-order valence-corrected chi connectivity index (χ3v) is 1.17. The van der Waals surface area contributed by atoms with Crippen LogP contribution in [0.3, 0.4) is 0 Å². The fourth-order valence-electron chi connectivity index (χ4n) is 0.680. The number of rotatable bonds is 0. The zero-order valence-electron chi connectivity index (χ0n) is 9.77. The quantitative estimate of drug-likeness (QED) is 0.245. The van der Waals surface area contributed by atoms with E-state index >= 15 is 0 Å². The normalized spacial score (nSPS) is 12.1. The Bertz CT molecular complexity index is 169. The van der Waals surface area contributed by atoms with Crippen LogP contribution in [0, 0.1) is 12.2 Å². The van der Waals surface area contributed by atoms with E-state index in [0.717, 1.165) is 22.4 Å². The van der Waals surface area contributed by atoms with Gasteiger partial charge >= 0.3 is 26.2 Å². The second-order valence-electron chi connectivity index (χ2n) is 2.58. The molecule has 0 heterocycles. The van der Waals surface area contributed by atoms with Crippen molar-refractivity contribution < 1.29 is 26.2 Å². The SMILES string of the molecule is C[SiH]C.I.I.[C-]1=CC=CC1.[C-]1=CC=CC1.[Zr+2]. The Kier molecular flexibility index (Phi) is 41.5. The van der Waals surface area contributed by atoms with Crippen LogP contribution < -0.4 is 0 Å². The minimum Gasteiger partial charge on any atom is -0.273 e. The molecule has 0 aliphatic heterocycles. The van der Waals surface area contributed by atoms with Gasteiger partial charge in [0.1, 0.15) is 0 Å². The van der Waals surface area contributed by atoms with Crippen molar-refractivity contribution in [1.29, 1.82) is 0 Å². The Labute approximate surface area is 156 Å². The van der Waals surface area contributed by atoms with E-state index in [0.29, 0.717) is 0 Å². The summed E-state index contributed by atoms with van der Waals surface area (Å²) < 4.78 is 0. The maximum Gasteiger partial charge on any atom is 2.00 e. The first-order valence-electron chi connectivity index (χ1n) is 4.59. The van der Waals surface area contributed by atoms with Crippen LogP contribution in [0.5, 0.6) is 0 Å². The topological polar surface area (TPSA) is 0 Å². The molecular weight excluding hydrogens is 517 g/mol. The van der Waals surface area contributed by atoms with Crippen molar-refractivity contribution in [2.24, 2.45) is 0 Å². The van der Waals surface area contributed by atoms with E-state index in [2.05, 4.69) is 37.4 Å². The average Bonchev–Trinajstić information content (AvgIpc) is 2.85. The minimum atomic E-state index is 0. The van der Waals surface area contributed by atoms with E-state index in [1.165, 1.54) is 0 Å². The zero-order valence-corrected chi connectivity index (χ0v) is 18.0. The Morgan fingerprint density at radius 3 is 1.25 bits per heavy atom. The van der Waals surface area contributed by atoms with Crippen molar-refractivity contribution in [3.8, 4) is 0 Å². The molecule has 1 radical (unpaired) electrons. The fourth-order valence-corrected chi connectivity index (χ4v) is 0.680. The molecule has 0 amide bonds. The van der Waals surface area contributed by atoms with Gasteiger partial charge in [-0.25, -0.2) is 24.3 Å². The third kappa shape index (κ3) is 24.7. The van der Waals surface area contributed by atoms with Crippen molar-refractivity contribution >= 4 is 57.5 Å². The summed E-state index contributed by atoms with van der Waals surface area (Å²) in [4.78, 5) is 0. The van der Waals surface area contributed by atoms with Crippen LogP contribution >= 0.6 is 48.0 Å². The molecule has 0 unspecified atom stereocenters. The van der Waals surface area contributed by atoms with Crippen LogP contribution in [-0.2, 0) is 26.2 Å². The largest absolute Gasteiger partial charge is 2.00 e. The molecule has 0 nitrogen and oxygen atoms in total. The molecule has 0 aromatic heterocycles. The summed E-state index contributed by atoms with van der Waals surface area (Å²) in [5.41, 5.74) is 0. The van der Waals surface area contributed by atoms with Gasteiger partial charge in [-0.05, 0) is 0 Å². The van der Waals surface area contributed by atoms with Crippen molar-refractivity contribution in [1.82, 2.24) is 0 Å². The molecule has 4 heteroatoms. The van der Waals surface area contributed by atoms with Crippen LogP contribution in [0.15, 0.2) is 36.5 Å². The predicted molar refractivity (Wildman–Crippen MR) is 92.8 cm³/mol. The molecule has 0 saturated heterocycles. The second-order valence-corrected chi connectivity index (χ2v) is 3.74. The molecule has 0 aromatic rings. The smallest absolute Gasteiger partial charge is 0.273 e. The first kappa shape index (κ1) is 26.2. The van der Waals surface area contributed by atoms with Gasteiger partial charge in [0.05, 0.1) is 0 Å². The third-order valence-electron chi connectivity index (χ3n) is 1.17. The first-order chi connectivity index (χ1) is 6.41. The van der Waals surface area contributed by atoms with Gasteiger partial charge in [-0.2, -0.15) is 12.2 Å². The second kappa shape index (κ2) is 25.4. The molecule has 0 fully saturated rings. The van der Waals surface area contributed by atoms with Crippen molar-refractivity contribution in [2.75, 3.05) is 0 Å². The van der Waals surface area contributed by atoms with E-state index in [1.807, 2.05) is 24.3 Å². The fraction of sp³-hybridized carbons (Fsp3) is 0.333. The molecule has 16 heavy (non-hydrogen) atoms. The summed E-state index contributed by atoms with van der Waals surface area (Å²) >= 11 is 0. The Hall–Kier alpha value is 1.52. The summed E-state index contributed by atoms with van der Waals surface area (Å²) in [6, 6.07) is 0. The van der Waals surface area contributed by atoms with Gasteiger partial charge in [0.15, 0.2) is 0 Å². The molecular formula is C12H19I2SiZr. The van der Waals surface area contributed by atoms with Gasteiger partial charge in [-0.3, -0.25) is 12.2 Å². The van der Waals surface area contributed by atoms with Crippen LogP contribution in [0.2, 0.25) is 13.1 Å². The summed E-state index contributed by atoms with van der Waals surface area (Å²) in [6.07, 6.45) is 20.0. The van der Waals surface area contributed by atoms with Crippen molar-refractivity contribution in [3.63, 3.8) is 0 Å². The van der Waals surface area contributed by atoms with E-state index in [1.54, 1.807) is 0 Å². The first-order valence-corrected chi connectivity index (χ1v) is 6.90. The minimum absolute atomic E-state index is 0. The van der Waals surface area contributed by atoms with E-state index in [9.17, 15) is 0 Å². The molecule has 2 aliphatic carbocycles. The Morgan fingerprint density at radius 1 is 0.875 bits per heavy atom. The summed E-state index contributed by atoms with van der Waals surface area (Å²) in [5, 5.41) is 0. The Balaban J connectivity index is -0.0000000638. The van der Waals surface area contributed by atoms with Gasteiger partial charge in [0, 0.05) is 9.52 Å². The van der Waals surface area contributed by atoms with Gasteiger partial charge in [-0.1, -0.05) is 13.1 Å². The maximum atomic E-state index is 2.99. The average molecular weight is 536 g/mol. The molecule has 89 valence electrons. The number of halogens is 2. The van der Waals surface area contributed by atoms with Gasteiger partial charge in [-0.15, -0.1) is 60.8 Å². The maximum absolute atomic E-state index is 2.99. The standard InChI is InChI=1S/2C5H5.C2H7Si.2HI.Zr/c2*1-2-4-5-3-1;1-3-2;;;/h2*1-3H,4H2;3H,1-2H3;2*1H;/q2*-1;;;;+2. The zero-order chi connectivity index (χ0) is 9.78. The van der Waals surface area contributed by atoms with Crippen molar-refractivity contribution in [2.45, 2.75) is 25.9 Å². The number of hydrogen-bond acceptors (Lipinski definition) is 0. The van der Waals surface area contributed by atoms with E-state index in [-0.39, 0.29) is 74.2 Å². The van der Waals surface area contributed by atoms with E-state index < -0.39 is 0 Å². The number of allylic oxidation sites excluding steroid dienone is 8. The molecule has 2 aliphatic rings. The summed E-state index contributed by atoms with van der Waals surface area (Å²) in [7, 11) is 0.750. The summed E-state index contributed by atoms with van der Waals surface area (Å²) in [6.45, 7) is 4.42. The van der Waals surface area contributed by atoms with Crippen LogP contribution in [0.4, 0.5) is 0 Å². The van der Waals surface area contributed by atoms with Gasteiger partial charge in [0.2, 0.25) is 0 Å². The monoisotopic (exact) mass is 535 g/mol. The van der Waals surface area contributed by atoms with Gasteiger partial charge < -0.3 is 0 Å². The van der Waals surface area contributed by atoms with Crippen molar-refractivity contribution in [3.05, 3.63) is 48.6 Å². The molecule has 0 bridgehead atoms.